The molecule has 0 spiro atoms. The van der Waals surface area contributed by atoms with Crippen molar-refractivity contribution in [3.63, 3.8) is 0 Å². The van der Waals surface area contributed by atoms with Crippen molar-refractivity contribution in [3.8, 4) is 11.5 Å². The van der Waals surface area contributed by atoms with Gasteiger partial charge in [-0.25, -0.2) is 4.98 Å². The molecule has 5 aromatic rings. The van der Waals surface area contributed by atoms with Crippen molar-refractivity contribution in [2.45, 2.75) is 32.7 Å². The van der Waals surface area contributed by atoms with Gasteiger partial charge in [0.15, 0.2) is 5.82 Å². The van der Waals surface area contributed by atoms with E-state index in [1.165, 1.54) is 0 Å². The highest BCUT2D eigenvalue weighted by Gasteiger charge is 2.43. The maximum atomic E-state index is 12.9. The quantitative estimate of drug-likeness (QED) is 0.351. The number of aromatic nitrogens is 5. The van der Waals surface area contributed by atoms with Gasteiger partial charge in [-0.2, -0.15) is 5.10 Å². The Morgan fingerprint density at radius 3 is 2.75 bits per heavy atom. The molecular weight excluding hydrogens is 454 g/mol. The van der Waals surface area contributed by atoms with Crippen LogP contribution in [0.15, 0.2) is 54.7 Å². The number of fused-ring (bicyclic) bond motifs is 3. The smallest absolute Gasteiger partial charge is 0.251 e. The second kappa shape index (κ2) is 8.01. The minimum atomic E-state index is -0.596. The third kappa shape index (κ3) is 3.35. The lowest BCUT2D eigenvalue weighted by Crippen LogP contribution is -2.35. The summed E-state index contributed by atoms with van der Waals surface area (Å²) in [6.07, 6.45) is 1.70. The van der Waals surface area contributed by atoms with Gasteiger partial charge in [-0.15, -0.1) is 0 Å². The first-order chi connectivity index (χ1) is 17.4. The molecule has 0 fully saturated rings. The number of benzene rings is 2. The number of likely N-dealkylation sites (N-methyl/N-ethyl adjacent to an activating group) is 1. The second-order valence-corrected chi connectivity index (χ2v) is 9.48. The van der Waals surface area contributed by atoms with Gasteiger partial charge in [-0.3, -0.25) is 19.7 Å². The van der Waals surface area contributed by atoms with Crippen LogP contribution >= 0.6 is 0 Å². The van der Waals surface area contributed by atoms with Gasteiger partial charge in [0, 0.05) is 23.7 Å². The topological polar surface area (TPSA) is 120 Å². The van der Waals surface area contributed by atoms with Crippen LogP contribution in [0, 0.1) is 0 Å². The molecule has 2 amide bonds. The predicted molar refractivity (Wildman–Crippen MR) is 138 cm³/mol. The van der Waals surface area contributed by atoms with Gasteiger partial charge in [0.05, 0.1) is 39.9 Å². The third-order valence-electron chi connectivity index (χ3n) is 6.87. The average molecular weight is 480 g/mol. The average Bonchev–Trinajstić information content (AvgIpc) is 3.54. The molecule has 2 aromatic carbocycles. The minimum absolute atomic E-state index is 0.0972. The molecule has 3 aromatic heterocycles. The Balaban J connectivity index is 1.35. The van der Waals surface area contributed by atoms with Crippen molar-refractivity contribution in [1.82, 2.24) is 30.5 Å². The fourth-order valence-corrected chi connectivity index (χ4v) is 4.87. The number of nitrogens with zero attached hydrogens (tertiary/aromatic N) is 4. The van der Waals surface area contributed by atoms with Crippen LogP contribution in [-0.2, 0) is 16.8 Å². The van der Waals surface area contributed by atoms with Crippen LogP contribution in [0.1, 0.15) is 42.4 Å². The molecule has 180 valence electrons. The molecule has 6 rings (SSSR count). The summed E-state index contributed by atoms with van der Waals surface area (Å²) in [4.78, 5) is 39.9. The summed E-state index contributed by atoms with van der Waals surface area (Å²) in [5.74, 6) is 0.500. The van der Waals surface area contributed by atoms with Gasteiger partial charge in [0.25, 0.3) is 5.91 Å². The van der Waals surface area contributed by atoms with Crippen LogP contribution in [-0.4, -0.2) is 43.5 Å². The first-order valence-corrected chi connectivity index (χ1v) is 11.9. The van der Waals surface area contributed by atoms with Crippen molar-refractivity contribution in [2.24, 2.45) is 0 Å². The summed E-state index contributed by atoms with van der Waals surface area (Å²) in [6.45, 7) is 6.83. The number of H-pyrrole nitrogens is 2. The van der Waals surface area contributed by atoms with Crippen molar-refractivity contribution < 1.29 is 9.59 Å². The van der Waals surface area contributed by atoms with Gasteiger partial charge < -0.3 is 15.2 Å². The zero-order valence-corrected chi connectivity index (χ0v) is 20.2. The van der Waals surface area contributed by atoms with E-state index in [-0.39, 0.29) is 11.8 Å². The first-order valence-electron chi connectivity index (χ1n) is 11.9. The fourth-order valence-electron chi connectivity index (χ4n) is 4.87. The van der Waals surface area contributed by atoms with Crippen LogP contribution in [0.4, 0.5) is 5.69 Å². The number of aromatic amines is 2. The number of amides is 2. The third-order valence-corrected chi connectivity index (χ3v) is 6.87. The number of imidazole rings is 1. The van der Waals surface area contributed by atoms with E-state index in [4.69, 9.17) is 4.98 Å². The van der Waals surface area contributed by atoms with E-state index in [2.05, 4.69) is 25.5 Å². The fraction of sp³-hybridized carbons (Fsp3) is 0.222. The molecule has 0 unspecified atom stereocenters. The lowest BCUT2D eigenvalue weighted by Gasteiger charge is -2.18. The Bertz CT molecular complexity index is 1650. The van der Waals surface area contributed by atoms with Gasteiger partial charge in [-0.1, -0.05) is 6.07 Å². The van der Waals surface area contributed by atoms with Crippen molar-refractivity contribution in [1.29, 1.82) is 0 Å². The number of carbonyl (C=O) groups is 2. The monoisotopic (exact) mass is 479 g/mol. The summed E-state index contributed by atoms with van der Waals surface area (Å²) < 4.78 is 0. The number of rotatable bonds is 5. The molecule has 0 saturated carbocycles. The summed E-state index contributed by atoms with van der Waals surface area (Å²) in [5.41, 5.74) is 5.62. The Morgan fingerprint density at radius 1 is 1.11 bits per heavy atom. The highest BCUT2D eigenvalue weighted by atomic mass is 16.2. The number of nitrogens with one attached hydrogen (secondary N) is 3. The molecule has 0 saturated heterocycles. The minimum Gasteiger partial charge on any atom is -0.346 e. The van der Waals surface area contributed by atoms with Gasteiger partial charge in [0.1, 0.15) is 5.69 Å². The van der Waals surface area contributed by atoms with Crippen LogP contribution in [0.3, 0.4) is 0 Å². The maximum absolute atomic E-state index is 12.9. The van der Waals surface area contributed by atoms with Crippen molar-refractivity contribution >= 4 is 39.4 Å². The standard InChI is InChI=1S/C27H25N7O2/c1-4-34-22-13-21-20(12-18(22)27(2,3)26(34)36)30-24(31-21)23-17-11-15(8-9-19(17)32-33-23)25(35)29-14-16-7-5-6-10-28-16/h5-13H,4,14H2,1-3H3,(H,29,35)(H,30,31)(H,32,33). The number of hydrogen-bond acceptors (Lipinski definition) is 5. The maximum Gasteiger partial charge on any atom is 0.251 e. The van der Waals surface area contributed by atoms with E-state index in [1.54, 1.807) is 12.3 Å². The lowest BCUT2D eigenvalue weighted by atomic mass is 9.86. The molecule has 0 atom stereocenters. The number of pyridine rings is 1. The number of carbonyl (C=O) groups excluding carboxylic acids is 2. The molecule has 1 aliphatic rings. The first kappa shape index (κ1) is 22.0. The van der Waals surface area contributed by atoms with E-state index in [0.717, 1.165) is 38.9 Å². The van der Waals surface area contributed by atoms with E-state index in [1.807, 2.05) is 68.1 Å². The molecular formula is C27H25N7O2. The van der Waals surface area contributed by atoms with Crippen LogP contribution in [0.2, 0.25) is 0 Å². The lowest BCUT2D eigenvalue weighted by molar-refractivity contribution is -0.122. The Hall–Kier alpha value is -4.53. The largest absolute Gasteiger partial charge is 0.346 e. The molecule has 3 N–H and O–H groups in total. The Morgan fingerprint density at radius 2 is 1.97 bits per heavy atom. The number of hydrogen-bond donors (Lipinski definition) is 3. The summed E-state index contributed by atoms with van der Waals surface area (Å²) >= 11 is 0. The van der Waals surface area contributed by atoms with Crippen LogP contribution in [0.5, 0.6) is 0 Å². The molecule has 9 heteroatoms. The zero-order valence-electron chi connectivity index (χ0n) is 20.2. The van der Waals surface area contributed by atoms with Gasteiger partial charge in [0.2, 0.25) is 5.91 Å². The molecule has 0 bridgehead atoms. The molecule has 9 nitrogen and oxygen atoms in total. The summed E-state index contributed by atoms with van der Waals surface area (Å²) in [7, 11) is 0. The summed E-state index contributed by atoms with van der Waals surface area (Å²) in [5, 5.41) is 11.2. The highest BCUT2D eigenvalue weighted by molar-refractivity contribution is 6.09. The van der Waals surface area contributed by atoms with Crippen LogP contribution in [0.25, 0.3) is 33.5 Å². The number of anilines is 1. The normalized spacial score (nSPS) is 14.5. The highest BCUT2D eigenvalue weighted by Crippen LogP contribution is 2.43. The molecule has 1 aliphatic heterocycles. The zero-order chi connectivity index (χ0) is 25.0. The van der Waals surface area contributed by atoms with E-state index >= 15 is 0 Å². The predicted octanol–water partition coefficient (Wildman–Crippen LogP) is 4.08. The summed E-state index contributed by atoms with van der Waals surface area (Å²) in [6, 6.07) is 15.0. The van der Waals surface area contributed by atoms with Gasteiger partial charge in [-0.05, 0) is 68.8 Å². The van der Waals surface area contributed by atoms with Gasteiger partial charge >= 0.3 is 0 Å². The van der Waals surface area contributed by atoms with E-state index in [0.29, 0.717) is 30.2 Å². The van der Waals surface area contributed by atoms with Crippen molar-refractivity contribution in [2.75, 3.05) is 11.4 Å². The van der Waals surface area contributed by atoms with Crippen LogP contribution < -0.4 is 10.2 Å². The SMILES string of the molecule is CCN1C(=O)C(C)(C)c2cc3[nH]c(-c4n[nH]c5ccc(C(=O)NCc6ccccn6)cc45)nc3cc21. The molecule has 0 aliphatic carbocycles. The van der Waals surface area contributed by atoms with E-state index in [9.17, 15) is 9.59 Å². The van der Waals surface area contributed by atoms with Crippen molar-refractivity contribution in [3.05, 3.63) is 71.5 Å². The molecule has 4 heterocycles. The molecule has 0 radical (unpaired) electrons. The Labute approximate surface area is 207 Å². The molecule has 36 heavy (non-hydrogen) atoms. The second-order valence-electron chi connectivity index (χ2n) is 9.48. The van der Waals surface area contributed by atoms with E-state index < -0.39 is 5.41 Å². The Kier molecular flexibility index (Phi) is 4.89.